The molecule has 142 valence electrons. The third-order valence-electron chi connectivity index (χ3n) is 4.61. The molecule has 0 saturated carbocycles. The fourth-order valence-corrected chi connectivity index (χ4v) is 4.06. The minimum atomic E-state index is -0.527. The van der Waals surface area contributed by atoms with Crippen molar-refractivity contribution in [2.75, 3.05) is 6.54 Å². The highest BCUT2D eigenvalue weighted by atomic mass is 32.1. The molecule has 1 aliphatic rings. The zero-order valence-electron chi connectivity index (χ0n) is 15.3. The number of hydrogen-bond acceptors (Lipinski definition) is 3. The molecule has 1 aliphatic heterocycles. The topological polar surface area (TPSA) is 49.4 Å². The van der Waals surface area contributed by atoms with E-state index in [-0.39, 0.29) is 17.6 Å². The Balaban J connectivity index is 1.61. The van der Waals surface area contributed by atoms with Crippen LogP contribution < -0.4 is 5.32 Å². The first-order chi connectivity index (χ1) is 13.1. The van der Waals surface area contributed by atoms with Gasteiger partial charge in [-0.2, -0.15) is 0 Å². The molecule has 0 aliphatic carbocycles. The van der Waals surface area contributed by atoms with Gasteiger partial charge in [0.25, 0.3) is 0 Å². The van der Waals surface area contributed by atoms with Gasteiger partial charge >= 0.3 is 0 Å². The Bertz CT molecular complexity index is 829. The van der Waals surface area contributed by atoms with Crippen LogP contribution in [0.25, 0.3) is 6.08 Å². The molecule has 0 spiro atoms. The minimum absolute atomic E-state index is 0.0303. The molecule has 0 bridgehead atoms. The fourth-order valence-electron chi connectivity index (χ4n) is 3.17. The summed E-state index contributed by atoms with van der Waals surface area (Å²) in [5.41, 5.74) is 1.93. The van der Waals surface area contributed by atoms with E-state index in [1.165, 1.54) is 28.6 Å². The predicted octanol–water partition coefficient (Wildman–Crippen LogP) is 3.77. The van der Waals surface area contributed by atoms with Gasteiger partial charge in [-0.25, -0.2) is 4.39 Å². The van der Waals surface area contributed by atoms with Gasteiger partial charge in [-0.15, -0.1) is 11.3 Å². The first kappa shape index (κ1) is 19.3. The van der Waals surface area contributed by atoms with Crippen LogP contribution in [0.4, 0.5) is 4.39 Å². The third-order valence-corrected chi connectivity index (χ3v) is 5.63. The highest BCUT2D eigenvalue weighted by molar-refractivity contribution is 7.10. The molecule has 1 atom stereocenters. The molecule has 6 heteroatoms. The van der Waals surface area contributed by atoms with Gasteiger partial charge in [0.1, 0.15) is 11.9 Å². The lowest BCUT2D eigenvalue weighted by atomic mass is 10.1. The molecule has 27 heavy (non-hydrogen) atoms. The molecule has 0 saturated heterocycles. The monoisotopic (exact) mass is 386 g/mol. The van der Waals surface area contributed by atoms with E-state index in [0.29, 0.717) is 19.5 Å². The Morgan fingerprint density at radius 2 is 2.07 bits per heavy atom. The van der Waals surface area contributed by atoms with Crippen LogP contribution in [0.15, 0.2) is 41.8 Å². The summed E-state index contributed by atoms with van der Waals surface area (Å²) in [5.74, 6) is -0.669. The van der Waals surface area contributed by atoms with Gasteiger partial charge in [0.2, 0.25) is 11.8 Å². The Labute approximate surface area is 162 Å². The second kappa shape index (κ2) is 8.95. The summed E-state index contributed by atoms with van der Waals surface area (Å²) < 4.78 is 12.9. The van der Waals surface area contributed by atoms with Crippen molar-refractivity contribution in [3.63, 3.8) is 0 Å². The van der Waals surface area contributed by atoms with Crippen molar-refractivity contribution in [3.8, 4) is 0 Å². The van der Waals surface area contributed by atoms with Crippen LogP contribution in [0.5, 0.6) is 0 Å². The van der Waals surface area contributed by atoms with E-state index in [9.17, 15) is 14.0 Å². The summed E-state index contributed by atoms with van der Waals surface area (Å²) in [7, 11) is 0. The molecular weight excluding hydrogens is 363 g/mol. The maximum atomic E-state index is 12.9. The molecule has 1 N–H and O–H groups in total. The largest absolute Gasteiger partial charge is 0.341 e. The maximum Gasteiger partial charge on any atom is 0.245 e. The molecule has 1 aromatic carbocycles. The zero-order valence-corrected chi connectivity index (χ0v) is 16.1. The van der Waals surface area contributed by atoms with Gasteiger partial charge in [0.05, 0.1) is 0 Å². The van der Waals surface area contributed by atoms with E-state index >= 15 is 0 Å². The van der Waals surface area contributed by atoms with Crippen molar-refractivity contribution >= 4 is 29.2 Å². The van der Waals surface area contributed by atoms with Crippen LogP contribution in [0, 0.1) is 5.82 Å². The fraction of sp³-hybridized carbons (Fsp3) is 0.333. The average Bonchev–Trinajstić information content (AvgIpc) is 3.14. The van der Waals surface area contributed by atoms with Gasteiger partial charge in [0.15, 0.2) is 0 Å². The summed E-state index contributed by atoms with van der Waals surface area (Å²) in [6.07, 6.45) is 5.27. The van der Waals surface area contributed by atoms with Gasteiger partial charge < -0.3 is 10.2 Å². The number of nitrogens with zero attached hydrogens (tertiary/aromatic N) is 1. The molecule has 2 heterocycles. The van der Waals surface area contributed by atoms with E-state index in [2.05, 4.69) is 16.8 Å². The van der Waals surface area contributed by atoms with Crippen LogP contribution in [-0.4, -0.2) is 29.3 Å². The minimum Gasteiger partial charge on any atom is -0.341 e. The lowest BCUT2D eigenvalue weighted by molar-refractivity contribution is -0.136. The third kappa shape index (κ3) is 5.04. The lowest BCUT2D eigenvalue weighted by Crippen LogP contribution is -2.49. The number of benzene rings is 1. The standard InChI is InChI=1S/C21H23FN2O2S/c1-2-3-18(21(26)24-12-10-19-16(14-24)11-13-27-19)23-20(25)9-6-15-4-7-17(22)8-5-15/h4-9,11,13,18H,2-3,10,12,14H2,1H3,(H,23,25)/b9-6+. The number of carbonyl (C=O) groups excluding carboxylic acids is 2. The molecule has 2 aromatic rings. The number of thiophene rings is 1. The Hall–Kier alpha value is -2.47. The van der Waals surface area contributed by atoms with Gasteiger partial charge in [-0.3, -0.25) is 9.59 Å². The van der Waals surface area contributed by atoms with E-state index in [4.69, 9.17) is 0 Å². The SMILES string of the molecule is CCCC(NC(=O)/C=C/c1ccc(F)cc1)C(=O)N1CCc2sccc2C1. The summed E-state index contributed by atoms with van der Waals surface area (Å²) in [5, 5.41) is 4.89. The first-order valence-corrected chi connectivity index (χ1v) is 10.0. The van der Waals surface area contributed by atoms with Crippen molar-refractivity contribution in [1.29, 1.82) is 0 Å². The number of amides is 2. The summed E-state index contributed by atoms with van der Waals surface area (Å²) >= 11 is 1.73. The molecule has 3 rings (SSSR count). The Morgan fingerprint density at radius 3 is 2.81 bits per heavy atom. The summed E-state index contributed by atoms with van der Waals surface area (Å²) in [6, 6.07) is 7.42. The average molecular weight is 386 g/mol. The van der Waals surface area contributed by atoms with Gasteiger partial charge in [0, 0.05) is 24.0 Å². The van der Waals surface area contributed by atoms with E-state index in [1.54, 1.807) is 29.5 Å². The maximum absolute atomic E-state index is 12.9. The van der Waals surface area contributed by atoms with E-state index in [0.717, 1.165) is 18.4 Å². The molecular formula is C21H23FN2O2S. The number of rotatable bonds is 6. The van der Waals surface area contributed by atoms with Crippen LogP contribution in [-0.2, 0) is 22.6 Å². The van der Waals surface area contributed by atoms with Gasteiger partial charge in [-0.05, 0) is 53.6 Å². The van der Waals surface area contributed by atoms with E-state index < -0.39 is 6.04 Å². The number of carbonyl (C=O) groups is 2. The Morgan fingerprint density at radius 1 is 1.30 bits per heavy atom. The van der Waals surface area contributed by atoms with Crippen molar-refractivity contribution in [2.24, 2.45) is 0 Å². The molecule has 0 radical (unpaired) electrons. The molecule has 1 unspecified atom stereocenters. The zero-order chi connectivity index (χ0) is 19.2. The smallest absolute Gasteiger partial charge is 0.245 e. The van der Waals surface area contributed by atoms with Gasteiger partial charge in [-0.1, -0.05) is 25.5 Å². The molecule has 1 aromatic heterocycles. The normalized spacial score (nSPS) is 14.8. The van der Waals surface area contributed by atoms with Crippen molar-refractivity contribution in [3.05, 3.63) is 63.6 Å². The number of nitrogens with one attached hydrogen (secondary N) is 1. The van der Waals surface area contributed by atoms with E-state index in [1.807, 2.05) is 11.8 Å². The van der Waals surface area contributed by atoms with Crippen molar-refractivity contribution in [1.82, 2.24) is 10.2 Å². The first-order valence-electron chi connectivity index (χ1n) is 9.15. The number of fused-ring (bicyclic) bond motifs is 1. The predicted molar refractivity (Wildman–Crippen MR) is 106 cm³/mol. The number of halogens is 1. The highest BCUT2D eigenvalue weighted by Gasteiger charge is 2.27. The molecule has 0 fully saturated rings. The second-order valence-corrected chi connectivity index (χ2v) is 7.61. The van der Waals surface area contributed by atoms with Crippen molar-refractivity contribution in [2.45, 2.75) is 38.8 Å². The molecule has 4 nitrogen and oxygen atoms in total. The second-order valence-electron chi connectivity index (χ2n) is 6.61. The highest BCUT2D eigenvalue weighted by Crippen LogP contribution is 2.24. The van der Waals surface area contributed by atoms with Crippen LogP contribution in [0.3, 0.4) is 0 Å². The summed E-state index contributed by atoms with van der Waals surface area (Å²) in [4.78, 5) is 28.4. The molecule has 2 amide bonds. The van der Waals surface area contributed by atoms with Crippen LogP contribution in [0.1, 0.15) is 35.8 Å². The van der Waals surface area contributed by atoms with Crippen LogP contribution >= 0.6 is 11.3 Å². The Kier molecular flexibility index (Phi) is 6.40. The van der Waals surface area contributed by atoms with Crippen LogP contribution in [0.2, 0.25) is 0 Å². The summed E-state index contributed by atoms with van der Waals surface area (Å²) in [6.45, 7) is 3.29. The van der Waals surface area contributed by atoms with Crippen molar-refractivity contribution < 1.29 is 14.0 Å². The quantitative estimate of drug-likeness (QED) is 0.769. The number of hydrogen-bond donors (Lipinski definition) is 1. The lowest BCUT2D eigenvalue weighted by Gasteiger charge is -2.30.